The lowest BCUT2D eigenvalue weighted by atomic mass is 9.95. The van der Waals surface area contributed by atoms with Crippen LogP contribution in [-0.2, 0) is 0 Å². The number of hydrogen-bond donors (Lipinski definition) is 4. The second kappa shape index (κ2) is 11.2. The lowest BCUT2D eigenvalue weighted by Crippen LogP contribution is -2.35. The number of H-pyrrole nitrogens is 1. The molecule has 11 heteroatoms. The van der Waals surface area contributed by atoms with E-state index < -0.39 is 17.2 Å². The van der Waals surface area contributed by atoms with Crippen LogP contribution in [0, 0.1) is 18.6 Å². The Labute approximate surface area is 237 Å². The Kier molecular flexibility index (Phi) is 7.29. The van der Waals surface area contributed by atoms with Gasteiger partial charge in [0.15, 0.2) is 0 Å². The van der Waals surface area contributed by atoms with Gasteiger partial charge in [0.05, 0.1) is 21.5 Å². The molecule has 8 nitrogen and oxygen atoms in total. The molecule has 1 aliphatic heterocycles. The van der Waals surface area contributed by atoms with Gasteiger partial charge in [-0.3, -0.25) is 9.59 Å². The highest BCUT2D eigenvalue weighted by atomic mass is 32.1. The maximum atomic E-state index is 15.1. The van der Waals surface area contributed by atoms with E-state index in [9.17, 15) is 9.59 Å². The normalized spacial score (nSPS) is 13.8. The molecule has 0 atom stereocenters. The number of amides is 1. The molecule has 0 aliphatic carbocycles. The number of aromatic amines is 1. The van der Waals surface area contributed by atoms with Gasteiger partial charge in [0.2, 0.25) is 11.5 Å². The van der Waals surface area contributed by atoms with Gasteiger partial charge in [0.1, 0.15) is 17.3 Å². The van der Waals surface area contributed by atoms with E-state index in [-0.39, 0.29) is 40.1 Å². The van der Waals surface area contributed by atoms with Crippen LogP contribution in [0.3, 0.4) is 0 Å². The summed E-state index contributed by atoms with van der Waals surface area (Å²) in [7, 11) is 0. The summed E-state index contributed by atoms with van der Waals surface area (Å²) in [5, 5.41) is 11.7. The molecule has 2 aromatic carbocycles. The number of halogens is 2. The Hall–Kier alpha value is -4.48. The molecule has 0 unspecified atom stereocenters. The highest BCUT2D eigenvalue weighted by molar-refractivity contribution is 7.12. The third-order valence-corrected chi connectivity index (χ3v) is 7.96. The van der Waals surface area contributed by atoms with Gasteiger partial charge in [-0.1, -0.05) is 18.2 Å². The number of pyridine rings is 1. The van der Waals surface area contributed by atoms with Crippen LogP contribution in [0.25, 0.3) is 33.4 Å². The number of benzene rings is 2. The van der Waals surface area contributed by atoms with Gasteiger partial charge in [0.25, 0.3) is 5.91 Å². The van der Waals surface area contributed by atoms with Crippen molar-refractivity contribution in [1.29, 1.82) is 0 Å². The molecule has 3 aromatic heterocycles. The van der Waals surface area contributed by atoms with Gasteiger partial charge in [0, 0.05) is 28.9 Å². The van der Waals surface area contributed by atoms with Gasteiger partial charge < -0.3 is 20.9 Å². The first kappa shape index (κ1) is 26.7. The number of piperidine rings is 1. The van der Waals surface area contributed by atoms with Gasteiger partial charge in [-0.05, 0) is 74.1 Å². The van der Waals surface area contributed by atoms with Crippen molar-refractivity contribution in [3.05, 3.63) is 92.4 Å². The molecule has 4 heterocycles. The van der Waals surface area contributed by atoms with Crippen molar-refractivity contribution in [3.63, 3.8) is 0 Å². The maximum absolute atomic E-state index is 15.1. The van der Waals surface area contributed by atoms with Crippen molar-refractivity contribution in [2.24, 2.45) is 0 Å². The van der Waals surface area contributed by atoms with Gasteiger partial charge >= 0.3 is 0 Å². The number of nitrogens with one attached hydrogen (secondary N) is 4. The molecular weight excluding hydrogens is 546 g/mol. The summed E-state index contributed by atoms with van der Waals surface area (Å²) in [6.07, 6.45) is 1.72. The summed E-state index contributed by atoms with van der Waals surface area (Å²) >= 11 is 1.33. The van der Waals surface area contributed by atoms with Crippen LogP contribution in [0.2, 0.25) is 0 Å². The molecule has 1 amide bonds. The highest BCUT2D eigenvalue weighted by Crippen LogP contribution is 2.38. The van der Waals surface area contributed by atoms with Crippen molar-refractivity contribution in [1.82, 2.24) is 20.3 Å². The SMILES string of the molecule is Cc1ccc(NC(=O)c2cccs2)cc1-c1nc(NC2CCNCC2)nc2[nH]c(=O)cc(-c3c(F)cccc3F)c12. The first-order chi connectivity index (χ1) is 19.9. The van der Waals surface area contributed by atoms with Gasteiger partial charge in [-0.25, -0.2) is 13.8 Å². The summed E-state index contributed by atoms with van der Waals surface area (Å²) in [4.78, 5) is 38.3. The molecule has 0 radical (unpaired) electrons. The molecule has 0 bridgehead atoms. The Morgan fingerprint density at radius 2 is 1.78 bits per heavy atom. The predicted octanol–water partition coefficient (Wildman–Crippen LogP) is 5.72. The first-order valence-corrected chi connectivity index (χ1v) is 14.1. The van der Waals surface area contributed by atoms with Crippen molar-refractivity contribution in [2.45, 2.75) is 25.8 Å². The Balaban J connectivity index is 1.57. The Bertz CT molecular complexity index is 1800. The molecule has 41 heavy (non-hydrogen) atoms. The van der Waals surface area contributed by atoms with E-state index in [2.05, 4.69) is 25.9 Å². The van der Waals surface area contributed by atoms with Crippen molar-refractivity contribution >= 4 is 39.9 Å². The number of carbonyl (C=O) groups excluding carboxylic acids is 1. The number of nitrogens with zero attached hydrogens (tertiary/aromatic N) is 2. The Morgan fingerprint density at radius 1 is 1.00 bits per heavy atom. The molecule has 1 fully saturated rings. The lowest BCUT2D eigenvalue weighted by molar-refractivity contribution is 0.103. The molecule has 4 N–H and O–H groups in total. The average molecular weight is 573 g/mol. The third-order valence-electron chi connectivity index (χ3n) is 7.10. The molecule has 1 aliphatic rings. The van der Waals surface area contributed by atoms with E-state index in [0.717, 1.165) is 49.7 Å². The fourth-order valence-electron chi connectivity index (χ4n) is 5.08. The van der Waals surface area contributed by atoms with E-state index in [0.29, 0.717) is 21.8 Å². The van der Waals surface area contributed by atoms with Crippen LogP contribution in [-0.4, -0.2) is 40.0 Å². The Morgan fingerprint density at radius 3 is 2.51 bits per heavy atom. The predicted molar refractivity (Wildman–Crippen MR) is 157 cm³/mol. The van der Waals surface area contributed by atoms with Gasteiger partial charge in [-0.15, -0.1) is 11.3 Å². The van der Waals surface area contributed by atoms with Crippen molar-refractivity contribution in [3.8, 4) is 22.4 Å². The highest BCUT2D eigenvalue weighted by Gasteiger charge is 2.23. The number of fused-ring (bicyclic) bond motifs is 1. The van der Waals surface area contributed by atoms with Crippen LogP contribution < -0.4 is 21.5 Å². The number of hydrogen-bond acceptors (Lipinski definition) is 7. The van der Waals surface area contributed by atoms with E-state index in [4.69, 9.17) is 4.98 Å². The van der Waals surface area contributed by atoms with Crippen molar-refractivity contribution < 1.29 is 13.6 Å². The zero-order valence-electron chi connectivity index (χ0n) is 22.1. The molecule has 6 rings (SSSR count). The number of aryl methyl sites for hydroxylation is 1. The number of anilines is 2. The fourth-order valence-corrected chi connectivity index (χ4v) is 5.70. The van der Waals surface area contributed by atoms with E-state index in [1.807, 2.05) is 18.4 Å². The topological polar surface area (TPSA) is 112 Å². The number of carbonyl (C=O) groups is 1. The van der Waals surface area contributed by atoms with Crippen LogP contribution in [0.5, 0.6) is 0 Å². The monoisotopic (exact) mass is 572 g/mol. The standard InChI is InChI=1S/C30H26F2N6O2S/c1-16-7-8-18(34-29(40)23-6-3-13-41-23)14-19(16)27-26-20(25-21(31)4-2-5-22(25)32)15-24(39)36-28(26)38-30(37-27)35-17-9-11-33-12-10-17/h2-8,13-15,17,33H,9-12H2,1H3,(H,34,40)(H2,35,36,37,38,39). The number of rotatable bonds is 6. The summed E-state index contributed by atoms with van der Waals surface area (Å²) in [6, 6.07) is 13.7. The van der Waals surface area contributed by atoms with E-state index >= 15 is 8.78 Å². The van der Waals surface area contributed by atoms with E-state index in [1.165, 1.54) is 17.4 Å². The second-order valence-electron chi connectivity index (χ2n) is 9.89. The zero-order valence-corrected chi connectivity index (χ0v) is 22.9. The second-order valence-corrected chi connectivity index (χ2v) is 10.8. The lowest BCUT2D eigenvalue weighted by Gasteiger charge is -2.24. The minimum absolute atomic E-state index is 0.0372. The van der Waals surface area contributed by atoms with E-state index in [1.54, 1.807) is 24.3 Å². The van der Waals surface area contributed by atoms with Crippen molar-refractivity contribution in [2.75, 3.05) is 23.7 Å². The molecule has 208 valence electrons. The first-order valence-electron chi connectivity index (χ1n) is 13.2. The number of thiophene rings is 1. The fraction of sp³-hybridized carbons (Fsp3) is 0.200. The molecule has 0 saturated carbocycles. The van der Waals surface area contributed by atoms with Crippen LogP contribution in [0.1, 0.15) is 28.1 Å². The number of aromatic nitrogens is 3. The minimum Gasteiger partial charge on any atom is -0.351 e. The largest absolute Gasteiger partial charge is 0.351 e. The summed E-state index contributed by atoms with van der Waals surface area (Å²) < 4.78 is 30.2. The van der Waals surface area contributed by atoms with Crippen LogP contribution in [0.4, 0.5) is 20.4 Å². The summed E-state index contributed by atoms with van der Waals surface area (Å²) in [5.41, 5.74) is 1.59. The summed E-state index contributed by atoms with van der Waals surface area (Å²) in [5.74, 6) is -1.59. The molecular formula is C30H26F2N6O2S. The summed E-state index contributed by atoms with van der Waals surface area (Å²) in [6.45, 7) is 3.57. The maximum Gasteiger partial charge on any atom is 0.265 e. The zero-order chi connectivity index (χ0) is 28.5. The molecule has 0 spiro atoms. The molecule has 5 aromatic rings. The quantitative estimate of drug-likeness (QED) is 0.207. The molecule has 1 saturated heterocycles. The van der Waals surface area contributed by atoms with Crippen LogP contribution >= 0.6 is 11.3 Å². The third kappa shape index (κ3) is 5.46. The average Bonchev–Trinajstić information content (AvgIpc) is 3.49. The van der Waals surface area contributed by atoms with Gasteiger partial charge in [-0.2, -0.15) is 4.98 Å². The van der Waals surface area contributed by atoms with Crippen LogP contribution in [0.15, 0.2) is 64.8 Å². The minimum atomic E-state index is -0.812. The smallest absolute Gasteiger partial charge is 0.265 e.